The number of aromatic nitrogens is 2. The zero-order valence-corrected chi connectivity index (χ0v) is 8.88. The van der Waals surface area contributed by atoms with Crippen LogP contribution in [0, 0.1) is 0 Å². The minimum absolute atomic E-state index is 0.714. The molecule has 1 N–H and O–H groups in total. The van der Waals surface area contributed by atoms with Crippen LogP contribution in [0.4, 0.5) is 5.82 Å². The van der Waals surface area contributed by atoms with E-state index in [1.165, 1.54) is 24.1 Å². The first kappa shape index (κ1) is 9.44. The zero-order valence-electron chi connectivity index (χ0n) is 8.88. The van der Waals surface area contributed by atoms with E-state index in [0.29, 0.717) is 5.92 Å². The Morgan fingerprint density at radius 2 is 2.21 bits per heavy atom. The molecule has 1 aliphatic carbocycles. The molecule has 3 nitrogen and oxygen atoms in total. The summed E-state index contributed by atoms with van der Waals surface area (Å²) >= 11 is 0. The average molecular weight is 191 g/mol. The Morgan fingerprint density at radius 3 is 2.79 bits per heavy atom. The fraction of sp³-hybridized carbons (Fsp3) is 0.636. The minimum Gasteiger partial charge on any atom is -0.373 e. The van der Waals surface area contributed by atoms with Gasteiger partial charge < -0.3 is 5.32 Å². The van der Waals surface area contributed by atoms with E-state index in [4.69, 9.17) is 0 Å². The molecule has 1 aliphatic rings. The van der Waals surface area contributed by atoms with Gasteiger partial charge in [-0.2, -0.15) is 0 Å². The van der Waals surface area contributed by atoms with Gasteiger partial charge in [-0.15, -0.1) is 0 Å². The maximum Gasteiger partial charge on any atom is 0.132 e. The fourth-order valence-corrected chi connectivity index (χ4v) is 1.85. The van der Waals surface area contributed by atoms with E-state index < -0.39 is 0 Å². The van der Waals surface area contributed by atoms with E-state index in [9.17, 15) is 0 Å². The second kappa shape index (κ2) is 3.95. The molecule has 3 heteroatoms. The van der Waals surface area contributed by atoms with E-state index in [1.807, 2.05) is 7.05 Å². The van der Waals surface area contributed by atoms with Crippen LogP contribution in [0.5, 0.6) is 0 Å². The summed E-state index contributed by atoms with van der Waals surface area (Å²) < 4.78 is 0. The lowest BCUT2D eigenvalue weighted by molar-refractivity contribution is 0.856. The Bertz CT molecular complexity index is 318. The number of nitrogens with zero attached hydrogens (tertiary/aromatic N) is 2. The van der Waals surface area contributed by atoms with E-state index in [2.05, 4.69) is 22.2 Å². The monoisotopic (exact) mass is 191 g/mol. The third-order valence-electron chi connectivity index (χ3n) is 2.68. The Hall–Kier alpha value is -1.12. The first-order valence-corrected chi connectivity index (χ1v) is 5.38. The molecule has 0 radical (unpaired) electrons. The van der Waals surface area contributed by atoms with E-state index in [0.717, 1.165) is 18.7 Å². The van der Waals surface area contributed by atoms with Crippen molar-refractivity contribution in [1.29, 1.82) is 0 Å². The van der Waals surface area contributed by atoms with Crippen molar-refractivity contribution < 1.29 is 0 Å². The highest BCUT2D eigenvalue weighted by Gasteiger charge is 2.28. The Morgan fingerprint density at radius 1 is 1.43 bits per heavy atom. The van der Waals surface area contributed by atoms with Crippen molar-refractivity contribution in [2.45, 2.75) is 38.5 Å². The van der Waals surface area contributed by atoms with Crippen molar-refractivity contribution >= 4 is 5.82 Å². The van der Waals surface area contributed by atoms with Gasteiger partial charge in [-0.25, -0.2) is 9.97 Å². The van der Waals surface area contributed by atoms with Gasteiger partial charge in [-0.05, 0) is 19.3 Å². The predicted octanol–water partition coefficient (Wildman–Crippen LogP) is 2.35. The van der Waals surface area contributed by atoms with Gasteiger partial charge in [0, 0.05) is 18.5 Å². The van der Waals surface area contributed by atoms with Crippen molar-refractivity contribution in [3.63, 3.8) is 0 Å². The van der Waals surface area contributed by atoms with Crippen molar-refractivity contribution in [2.24, 2.45) is 0 Å². The lowest BCUT2D eigenvalue weighted by Gasteiger charge is -2.10. The van der Waals surface area contributed by atoms with E-state index in [1.54, 1.807) is 6.33 Å². The van der Waals surface area contributed by atoms with Crippen LogP contribution in [0.2, 0.25) is 0 Å². The van der Waals surface area contributed by atoms with Crippen LogP contribution in [0.25, 0.3) is 0 Å². The van der Waals surface area contributed by atoms with Crippen LogP contribution in [0.15, 0.2) is 6.33 Å². The second-order valence-electron chi connectivity index (χ2n) is 3.86. The maximum absolute atomic E-state index is 4.42. The van der Waals surface area contributed by atoms with Gasteiger partial charge in [-0.1, -0.05) is 13.3 Å². The number of rotatable bonds is 4. The van der Waals surface area contributed by atoms with Gasteiger partial charge in [0.1, 0.15) is 12.1 Å². The molecule has 14 heavy (non-hydrogen) atoms. The molecule has 1 aromatic heterocycles. The second-order valence-corrected chi connectivity index (χ2v) is 3.86. The Labute approximate surface area is 85.0 Å². The summed E-state index contributed by atoms with van der Waals surface area (Å²) in [5, 5.41) is 3.15. The predicted molar refractivity (Wildman–Crippen MR) is 57.5 cm³/mol. The standard InChI is InChI=1S/C11H17N3/c1-3-4-9-10(8-5-6-8)13-7-14-11(9)12-2/h7-8H,3-6H2,1-2H3,(H,12,13,14). The highest BCUT2D eigenvalue weighted by Crippen LogP contribution is 2.41. The van der Waals surface area contributed by atoms with Gasteiger partial charge in [0.05, 0.1) is 5.69 Å². The quantitative estimate of drug-likeness (QED) is 0.793. The Balaban J connectivity index is 2.36. The van der Waals surface area contributed by atoms with Crippen LogP contribution in [-0.4, -0.2) is 17.0 Å². The molecule has 0 unspecified atom stereocenters. The summed E-state index contributed by atoms with van der Waals surface area (Å²) in [6, 6.07) is 0. The van der Waals surface area contributed by atoms with E-state index >= 15 is 0 Å². The molecule has 1 heterocycles. The molecular formula is C11H17N3. The SMILES string of the molecule is CCCc1c(NC)ncnc1C1CC1. The number of nitrogens with one attached hydrogen (secondary N) is 1. The molecular weight excluding hydrogens is 174 g/mol. The largest absolute Gasteiger partial charge is 0.373 e. The molecule has 0 aromatic carbocycles. The third-order valence-corrected chi connectivity index (χ3v) is 2.68. The molecule has 1 fully saturated rings. The van der Waals surface area contributed by atoms with Crippen LogP contribution < -0.4 is 5.32 Å². The zero-order chi connectivity index (χ0) is 9.97. The van der Waals surface area contributed by atoms with Crippen molar-refractivity contribution in [1.82, 2.24) is 9.97 Å². The summed E-state index contributed by atoms with van der Waals surface area (Å²) in [6.07, 6.45) is 6.52. The fourth-order valence-electron chi connectivity index (χ4n) is 1.85. The molecule has 0 spiro atoms. The van der Waals surface area contributed by atoms with Gasteiger partial charge >= 0.3 is 0 Å². The lowest BCUT2D eigenvalue weighted by atomic mass is 10.1. The van der Waals surface area contributed by atoms with Crippen molar-refractivity contribution in [2.75, 3.05) is 12.4 Å². The first-order valence-electron chi connectivity index (χ1n) is 5.38. The molecule has 76 valence electrons. The van der Waals surface area contributed by atoms with Crippen LogP contribution >= 0.6 is 0 Å². The van der Waals surface area contributed by atoms with Crippen LogP contribution in [0.1, 0.15) is 43.4 Å². The normalized spacial score (nSPS) is 15.6. The Kier molecular flexibility index (Phi) is 2.66. The molecule has 0 saturated heterocycles. The summed E-state index contributed by atoms with van der Waals surface area (Å²) in [5.74, 6) is 1.73. The molecule has 1 aromatic rings. The van der Waals surface area contributed by atoms with Gasteiger partial charge in [0.25, 0.3) is 0 Å². The molecule has 2 rings (SSSR count). The molecule has 1 saturated carbocycles. The van der Waals surface area contributed by atoms with Crippen LogP contribution in [-0.2, 0) is 6.42 Å². The number of anilines is 1. The lowest BCUT2D eigenvalue weighted by Crippen LogP contribution is -2.04. The minimum atomic E-state index is 0.714. The summed E-state index contributed by atoms with van der Waals surface area (Å²) in [7, 11) is 1.93. The highest BCUT2D eigenvalue weighted by atomic mass is 15.0. The third kappa shape index (κ3) is 1.72. The van der Waals surface area contributed by atoms with Crippen LogP contribution in [0.3, 0.4) is 0 Å². The van der Waals surface area contributed by atoms with Gasteiger partial charge in [0.2, 0.25) is 0 Å². The van der Waals surface area contributed by atoms with Crippen molar-refractivity contribution in [3.8, 4) is 0 Å². The molecule has 0 aliphatic heterocycles. The highest BCUT2D eigenvalue weighted by molar-refractivity contribution is 5.47. The number of hydrogen-bond acceptors (Lipinski definition) is 3. The molecule has 0 amide bonds. The van der Waals surface area contributed by atoms with Crippen molar-refractivity contribution in [3.05, 3.63) is 17.6 Å². The summed E-state index contributed by atoms with van der Waals surface area (Å²) in [5.41, 5.74) is 2.62. The number of hydrogen-bond donors (Lipinski definition) is 1. The summed E-state index contributed by atoms with van der Waals surface area (Å²) in [4.78, 5) is 8.68. The van der Waals surface area contributed by atoms with E-state index in [-0.39, 0.29) is 0 Å². The molecule has 0 bridgehead atoms. The average Bonchev–Trinajstić information content (AvgIpc) is 3.02. The first-order chi connectivity index (χ1) is 6.86. The topological polar surface area (TPSA) is 37.8 Å². The smallest absolute Gasteiger partial charge is 0.132 e. The maximum atomic E-state index is 4.42. The van der Waals surface area contributed by atoms with Gasteiger partial charge in [-0.3, -0.25) is 0 Å². The van der Waals surface area contributed by atoms with Gasteiger partial charge in [0.15, 0.2) is 0 Å². The summed E-state index contributed by atoms with van der Waals surface area (Å²) in [6.45, 7) is 2.20. The molecule has 0 atom stereocenters.